The van der Waals surface area contributed by atoms with E-state index in [-0.39, 0.29) is 0 Å². The molecule has 0 unspecified atom stereocenters. The molecular weight excluding hydrogens is 220 g/mol. The molecule has 0 aliphatic heterocycles. The van der Waals surface area contributed by atoms with Crippen molar-refractivity contribution in [2.75, 3.05) is 0 Å². The van der Waals surface area contributed by atoms with Gasteiger partial charge in [-0.2, -0.15) is 10.5 Å². The fourth-order valence-corrected chi connectivity index (χ4v) is 1.48. The molecule has 82 valence electrons. The van der Waals surface area contributed by atoms with Crippen molar-refractivity contribution in [2.24, 2.45) is 0 Å². The Balaban J connectivity index is 2.36. The van der Waals surface area contributed by atoms with Crippen molar-refractivity contribution in [3.8, 4) is 24.0 Å². The molecule has 2 rings (SSSR count). The Kier molecular flexibility index (Phi) is 3.41. The second-order valence-corrected chi connectivity index (χ2v) is 3.60. The van der Waals surface area contributed by atoms with Crippen LogP contribution in [0.25, 0.3) is 0 Å². The van der Waals surface area contributed by atoms with Crippen LogP contribution < -0.4 is 0 Å². The molecule has 2 heteroatoms. The summed E-state index contributed by atoms with van der Waals surface area (Å²) < 4.78 is 0. The molecule has 0 atom stereocenters. The van der Waals surface area contributed by atoms with Gasteiger partial charge in [0.1, 0.15) is 12.1 Å². The summed E-state index contributed by atoms with van der Waals surface area (Å²) in [5, 5.41) is 17.7. The molecule has 0 bridgehead atoms. The van der Waals surface area contributed by atoms with Gasteiger partial charge in [0.05, 0.1) is 11.1 Å². The van der Waals surface area contributed by atoms with Crippen LogP contribution in [0.15, 0.2) is 48.5 Å². The summed E-state index contributed by atoms with van der Waals surface area (Å²) >= 11 is 0. The summed E-state index contributed by atoms with van der Waals surface area (Å²) in [6.45, 7) is 0. The zero-order valence-electron chi connectivity index (χ0n) is 9.51. The molecule has 0 heterocycles. The van der Waals surface area contributed by atoms with E-state index in [0.29, 0.717) is 11.1 Å². The van der Waals surface area contributed by atoms with E-state index in [1.165, 1.54) is 0 Å². The lowest BCUT2D eigenvalue weighted by molar-refractivity contribution is 1.42. The number of benzene rings is 2. The zero-order valence-corrected chi connectivity index (χ0v) is 9.51. The van der Waals surface area contributed by atoms with E-state index in [4.69, 9.17) is 10.5 Å². The Labute approximate surface area is 106 Å². The minimum atomic E-state index is 0.359. The quantitative estimate of drug-likeness (QED) is 0.651. The third-order valence-corrected chi connectivity index (χ3v) is 2.39. The first-order valence-corrected chi connectivity index (χ1v) is 5.35. The van der Waals surface area contributed by atoms with Crippen LogP contribution in [0, 0.1) is 34.5 Å². The molecule has 0 N–H and O–H groups in total. The molecule has 0 radical (unpaired) electrons. The highest BCUT2D eigenvalue weighted by Gasteiger charge is 2.00. The number of hydrogen-bond acceptors (Lipinski definition) is 2. The lowest BCUT2D eigenvalue weighted by Gasteiger charge is -1.94. The van der Waals surface area contributed by atoms with Crippen LogP contribution in [-0.4, -0.2) is 0 Å². The fourth-order valence-electron chi connectivity index (χ4n) is 1.48. The van der Waals surface area contributed by atoms with Gasteiger partial charge >= 0.3 is 0 Å². The first kappa shape index (κ1) is 11.5. The largest absolute Gasteiger partial charge is 0.192 e. The molecule has 2 aromatic carbocycles. The standard InChI is InChI=1S/C16H8N2/c17-11-15-9-8-14(10-16(15)12-18)7-6-13-4-2-1-3-5-13/h1-5,8-10H. The maximum absolute atomic E-state index is 8.91. The van der Waals surface area contributed by atoms with Gasteiger partial charge in [0.15, 0.2) is 0 Å². The molecule has 2 aromatic rings. The van der Waals surface area contributed by atoms with Crippen molar-refractivity contribution in [1.29, 1.82) is 10.5 Å². The molecule has 18 heavy (non-hydrogen) atoms. The van der Waals surface area contributed by atoms with Crippen molar-refractivity contribution in [2.45, 2.75) is 0 Å². The Morgan fingerprint density at radius 3 is 2.00 bits per heavy atom. The molecule has 0 saturated carbocycles. The van der Waals surface area contributed by atoms with Gasteiger partial charge < -0.3 is 0 Å². The van der Waals surface area contributed by atoms with Crippen LogP contribution in [0.2, 0.25) is 0 Å². The van der Waals surface area contributed by atoms with Gasteiger partial charge in [-0.25, -0.2) is 0 Å². The third kappa shape index (κ3) is 2.56. The lowest BCUT2D eigenvalue weighted by Crippen LogP contribution is -1.85. The van der Waals surface area contributed by atoms with Crippen molar-refractivity contribution in [3.05, 3.63) is 70.8 Å². The van der Waals surface area contributed by atoms with Crippen LogP contribution in [0.4, 0.5) is 0 Å². The average Bonchev–Trinajstić information content (AvgIpc) is 2.45. The predicted octanol–water partition coefficient (Wildman–Crippen LogP) is 2.83. The van der Waals surface area contributed by atoms with E-state index in [9.17, 15) is 0 Å². The highest BCUT2D eigenvalue weighted by atomic mass is 14.3. The molecule has 0 saturated heterocycles. The molecule has 0 fully saturated rings. The van der Waals surface area contributed by atoms with Gasteiger partial charge in [0.2, 0.25) is 0 Å². The SMILES string of the molecule is N#Cc1ccc(C#Cc2ccccc2)cc1C#N. The van der Waals surface area contributed by atoms with E-state index in [1.807, 2.05) is 42.5 Å². The summed E-state index contributed by atoms with van der Waals surface area (Å²) in [7, 11) is 0. The molecule has 0 amide bonds. The summed E-state index contributed by atoms with van der Waals surface area (Å²) in [4.78, 5) is 0. The normalized spacial score (nSPS) is 8.56. The molecule has 0 aromatic heterocycles. The van der Waals surface area contributed by atoms with E-state index in [0.717, 1.165) is 11.1 Å². The van der Waals surface area contributed by atoms with E-state index in [2.05, 4.69) is 11.8 Å². The monoisotopic (exact) mass is 228 g/mol. The second-order valence-electron chi connectivity index (χ2n) is 3.60. The minimum Gasteiger partial charge on any atom is -0.192 e. The lowest BCUT2D eigenvalue weighted by atomic mass is 10.1. The highest BCUT2D eigenvalue weighted by molar-refractivity contribution is 5.52. The Morgan fingerprint density at radius 1 is 0.667 bits per heavy atom. The van der Waals surface area contributed by atoms with Gasteiger partial charge in [-0.3, -0.25) is 0 Å². The number of nitrogens with zero attached hydrogens (tertiary/aromatic N) is 2. The van der Waals surface area contributed by atoms with Crippen molar-refractivity contribution in [1.82, 2.24) is 0 Å². The van der Waals surface area contributed by atoms with E-state index in [1.54, 1.807) is 18.2 Å². The first-order chi connectivity index (χ1) is 8.83. The second kappa shape index (κ2) is 5.35. The maximum Gasteiger partial charge on any atom is 0.101 e. The molecular formula is C16H8N2. The first-order valence-electron chi connectivity index (χ1n) is 5.35. The number of rotatable bonds is 0. The van der Waals surface area contributed by atoms with Crippen molar-refractivity contribution < 1.29 is 0 Å². The molecule has 2 nitrogen and oxygen atoms in total. The number of nitriles is 2. The van der Waals surface area contributed by atoms with Crippen molar-refractivity contribution in [3.63, 3.8) is 0 Å². The smallest absolute Gasteiger partial charge is 0.101 e. The molecule has 0 spiro atoms. The highest BCUT2D eigenvalue weighted by Crippen LogP contribution is 2.09. The summed E-state index contributed by atoms with van der Waals surface area (Å²) in [6.07, 6.45) is 0. The van der Waals surface area contributed by atoms with Crippen molar-refractivity contribution >= 4 is 0 Å². The molecule has 0 aliphatic carbocycles. The van der Waals surface area contributed by atoms with Gasteiger partial charge in [-0.1, -0.05) is 30.0 Å². The fraction of sp³-hybridized carbons (Fsp3) is 0. The summed E-state index contributed by atoms with van der Waals surface area (Å²) in [6, 6.07) is 18.6. The number of hydrogen-bond donors (Lipinski definition) is 0. The van der Waals surface area contributed by atoms with Crippen LogP contribution >= 0.6 is 0 Å². The Hall–Kier alpha value is -3.02. The van der Waals surface area contributed by atoms with Crippen LogP contribution in [0.3, 0.4) is 0 Å². The van der Waals surface area contributed by atoms with E-state index < -0.39 is 0 Å². The van der Waals surface area contributed by atoms with Gasteiger partial charge in [-0.15, -0.1) is 0 Å². The minimum absolute atomic E-state index is 0.359. The topological polar surface area (TPSA) is 47.6 Å². The van der Waals surface area contributed by atoms with Crippen LogP contribution in [0.5, 0.6) is 0 Å². The third-order valence-electron chi connectivity index (χ3n) is 2.39. The zero-order chi connectivity index (χ0) is 12.8. The van der Waals surface area contributed by atoms with E-state index >= 15 is 0 Å². The van der Waals surface area contributed by atoms with Crippen LogP contribution in [0.1, 0.15) is 22.3 Å². The predicted molar refractivity (Wildman–Crippen MR) is 68.3 cm³/mol. The van der Waals surface area contributed by atoms with Crippen LogP contribution in [-0.2, 0) is 0 Å². The van der Waals surface area contributed by atoms with Gasteiger partial charge in [0, 0.05) is 11.1 Å². The summed E-state index contributed by atoms with van der Waals surface area (Å²) in [5.41, 5.74) is 2.38. The Bertz CT molecular complexity index is 705. The maximum atomic E-state index is 8.91. The van der Waals surface area contributed by atoms with Gasteiger partial charge in [0.25, 0.3) is 0 Å². The molecule has 0 aliphatic rings. The van der Waals surface area contributed by atoms with Gasteiger partial charge in [-0.05, 0) is 30.3 Å². The summed E-state index contributed by atoms with van der Waals surface area (Å²) in [5.74, 6) is 5.98. The Morgan fingerprint density at radius 2 is 1.33 bits per heavy atom. The average molecular weight is 228 g/mol.